The van der Waals surface area contributed by atoms with Gasteiger partial charge in [-0.2, -0.15) is 0 Å². The molecule has 3 nitrogen and oxygen atoms in total. The van der Waals surface area contributed by atoms with Gasteiger partial charge in [0, 0.05) is 6.04 Å². The molecule has 4 heteroatoms. The van der Waals surface area contributed by atoms with Crippen LogP contribution in [0.4, 0.5) is 0 Å². The molecule has 1 amide bonds. The number of benzene rings is 1. The fourth-order valence-electron chi connectivity index (χ4n) is 3.20. The lowest BCUT2D eigenvalue weighted by Crippen LogP contribution is -2.50. The van der Waals surface area contributed by atoms with Gasteiger partial charge < -0.3 is 10.6 Å². The number of hydrogen-bond acceptors (Lipinski definition) is 2. The number of amides is 1. The number of halogens is 1. The van der Waals surface area contributed by atoms with Crippen LogP contribution in [0.3, 0.4) is 0 Å². The first-order valence-corrected chi connectivity index (χ1v) is 7.43. The quantitative estimate of drug-likeness (QED) is 0.878. The number of rotatable bonds is 2. The van der Waals surface area contributed by atoms with Gasteiger partial charge in [-0.1, -0.05) is 30.7 Å². The lowest BCUT2D eigenvalue weighted by Gasteiger charge is -2.29. The summed E-state index contributed by atoms with van der Waals surface area (Å²) in [6.45, 7) is 0.978. The highest BCUT2D eigenvalue weighted by Gasteiger charge is 2.25. The Morgan fingerprint density at radius 1 is 1.15 bits per heavy atom. The molecule has 110 valence electrons. The molecule has 1 aliphatic heterocycles. The molecule has 0 bridgehead atoms. The van der Waals surface area contributed by atoms with Crippen LogP contribution in [-0.2, 0) is 17.6 Å². The maximum absolute atomic E-state index is 12.2. The third-order valence-corrected chi connectivity index (χ3v) is 4.32. The van der Waals surface area contributed by atoms with Gasteiger partial charge in [-0.3, -0.25) is 4.79 Å². The normalized spacial score (nSPS) is 25.2. The van der Waals surface area contributed by atoms with E-state index in [0.717, 1.165) is 32.2 Å². The Morgan fingerprint density at radius 2 is 1.95 bits per heavy atom. The first-order chi connectivity index (χ1) is 9.33. The van der Waals surface area contributed by atoms with Crippen LogP contribution in [0.1, 0.15) is 36.8 Å². The number of fused-ring (bicyclic) bond motifs is 1. The summed E-state index contributed by atoms with van der Waals surface area (Å²) in [6, 6.07) is 8.93. The number of piperidine rings is 1. The SMILES string of the molecule is Cl.O=C(NC1CCc2ccccc2C1)C1CCCCN1. The molecule has 20 heavy (non-hydrogen) atoms. The van der Waals surface area contributed by atoms with E-state index in [1.807, 2.05) is 0 Å². The molecule has 2 N–H and O–H groups in total. The van der Waals surface area contributed by atoms with Crippen LogP contribution < -0.4 is 10.6 Å². The Bertz CT molecular complexity index is 458. The van der Waals surface area contributed by atoms with Crippen LogP contribution >= 0.6 is 12.4 Å². The van der Waals surface area contributed by atoms with Gasteiger partial charge in [0.25, 0.3) is 0 Å². The van der Waals surface area contributed by atoms with Crippen molar-refractivity contribution in [2.24, 2.45) is 0 Å². The Hall–Kier alpha value is -1.06. The van der Waals surface area contributed by atoms with Gasteiger partial charge in [0.15, 0.2) is 0 Å². The van der Waals surface area contributed by atoms with Crippen LogP contribution in [0, 0.1) is 0 Å². The number of carbonyl (C=O) groups excluding carboxylic acids is 1. The van der Waals surface area contributed by atoms with Crippen molar-refractivity contribution in [3.8, 4) is 0 Å². The third-order valence-electron chi connectivity index (χ3n) is 4.32. The maximum atomic E-state index is 12.2. The predicted molar refractivity (Wildman–Crippen MR) is 83.3 cm³/mol. The zero-order chi connectivity index (χ0) is 13.1. The first-order valence-electron chi connectivity index (χ1n) is 7.43. The molecule has 1 aliphatic carbocycles. The molecular formula is C16H23ClN2O. The van der Waals surface area contributed by atoms with Gasteiger partial charge >= 0.3 is 0 Å². The number of nitrogens with one attached hydrogen (secondary N) is 2. The van der Waals surface area contributed by atoms with Crippen molar-refractivity contribution in [1.29, 1.82) is 0 Å². The average molecular weight is 295 g/mol. The third kappa shape index (κ3) is 3.53. The van der Waals surface area contributed by atoms with E-state index in [9.17, 15) is 4.79 Å². The monoisotopic (exact) mass is 294 g/mol. The smallest absolute Gasteiger partial charge is 0.237 e. The predicted octanol–water partition coefficient (Wildman–Crippen LogP) is 2.22. The maximum Gasteiger partial charge on any atom is 0.237 e. The van der Waals surface area contributed by atoms with E-state index in [-0.39, 0.29) is 24.4 Å². The standard InChI is InChI=1S/C16H22N2O.ClH/c19-16(15-7-3-4-10-17-15)18-14-9-8-12-5-1-2-6-13(12)11-14;/h1-2,5-6,14-15,17H,3-4,7-11H2,(H,18,19);1H. The van der Waals surface area contributed by atoms with Gasteiger partial charge in [-0.15, -0.1) is 12.4 Å². The zero-order valence-electron chi connectivity index (χ0n) is 11.7. The topological polar surface area (TPSA) is 41.1 Å². The lowest BCUT2D eigenvalue weighted by atomic mass is 9.88. The molecule has 1 aromatic rings. The minimum Gasteiger partial charge on any atom is -0.352 e. The van der Waals surface area contributed by atoms with Crippen molar-refractivity contribution in [3.05, 3.63) is 35.4 Å². The minimum absolute atomic E-state index is 0. The van der Waals surface area contributed by atoms with E-state index in [0.29, 0.717) is 6.04 Å². The van der Waals surface area contributed by atoms with E-state index in [1.165, 1.54) is 24.0 Å². The fraction of sp³-hybridized carbons (Fsp3) is 0.562. The van der Waals surface area contributed by atoms with E-state index >= 15 is 0 Å². The first kappa shape index (κ1) is 15.3. The summed E-state index contributed by atoms with van der Waals surface area (Å²) in [6.07, 6.45) is 6.47. The molecule has 2 atom stereocenters. The average Bonchev–Trinajstić information content (AvgIpc) is 2.48. The highest BCUT2D eigenvalue weighted by atomic mass is 35.5. The Labute approximate surface area is 126 Å². The molecule has 0 spiro atoms. The summed E-state index contributed by atoms with van der Waals surface area (Å²) in [5, 5.41) is 6.54. The Morgan fingerprint density at radius 3 is 2.70 bits per heavy atom. The van der Waals surface area contributed by atoms with E-state index in [1.54, 1.807) is 0 Å². The molecule has 2 aliphatic rings. The molecule has 0 radical (unpaired) electrons. The second-order valence-corrected chi connectivity index (χ2v) is 5.72. The summed E-state index contributed by atoms with van der Waals surface area (Å²) in [5.74, 6) is 0.198. The Kier molecular flexibility index (Phi) is 5.44. The number of hydrogen-bond donors (Lipinski definition) is 2. The van der Waals surface area contributed by atoms with Gasteiger partial charge in [0.05, 0.1) is 6.04 Å². The summed E-state index contributed by atoms with van der Waals surface area (Å²) in [7, 11) is 0. The van der Waals surface area contributed by atoms with Crippen LogP contribution in [0.25, 0.3) is 0 Å². The summed E-state index contributed by atoms with van der Waals surface area (Å²) in [5.41, 5.74) is 2.85. The molecule has 1 saturated heterocycles. The van der Waals surface area contributed by atoms with Crippen molar-refractivity contribution in [1.82, 2.24) is 10.6 Å². The number of carbonyl (C=O) groups is 1. The van der Waals surface area contributed by atoms with Crippen molar-refractivity contribution in [2.45, 2.75) is 50.6 Å². The van der Waals surface area contributed by atoms with Crippen LogP contribution in [0.2, 0.25) is 0 Å². The van der Waals surface area contributed by atoms with Crippen LogP contribution in [-0.4, -0.2) is 24.5 Å². The van der Waals surface area contributed by atoms with Crippen molar-refractivity contribution >= 4 is 18.3 Å². The molecule has 2 unspecified atom stereocenters. The Balaban J connectivity index is 0.00000147. The molecule has 3 rings (SSSR count). The lowest BCUT2D eigenvalue weighted by molar-refractivity contribution is -0.124. The second kappa shape index (κ2) is 7.09. The van der Waals surface area contributed by atoms with Gasteiger partial charge in [-0.05, 0) is 49.8 Å². The molecule has 0 aromatic heterocycles. The van der Waals surface area contributed by atoms with Crippen molar-refractivity contribution < 1.29 is 4.79 Å². The molecule has 1 heterocycles. The number of aryl methyl sites for hydroxylation is 1. The van der Waals surface area contributed by atoms with Gasteiger partial charge in [0.2, 0.25) is 5.91 Å². The van der Waals surface area contributed by atoms with E-state index < -0.39 is 0 Å². The van der Waals surface area contributed by atoms with Gasteiger partial charge in [-0.25, -0.2) is 0 Å². The summed E-state index contributed by atoms with van der Waals surface area (Å²) < 4.78 is 0. The van der Waals surface area contributed by atoms with Crippen molar-refractivity contribution in [2.75, 3.05) is 6.54 Å². The van der Waals surface area contributed by atoms with Gasteiger partial charge in [0.1, 0.15) is 0 Å². The van der Waals surface area contributed by atoms with Crippen LogP contribution in [0.5, 0.6) is 0 Å². The molecular weight excluding hydrogens is 272 g/mol. The van der Waals surface area contributed by atoms with E-state index in [4.69, 9.17) is 0 Å². The largest absolute Gasteiger partial charge is 0.352 e. The summed E-state index contributed by atoms with van der Waals surface area (Å²) in [4.78, 5) is 12.2. The second-order valence-electron chi connectivity index (χ2n) is 5.72. The van der Waals surface area contributed by atoms with Crippen molar-refractivity contribution in [3.63, 3.8) is 0 Å². The van der Waals surface area contributed by atoms with Crippen LogP contribution in [0.15, 0.2) is 24.3 Å². The highest BCUT2D eigenvalue weighted by Crippen LogP contribution is 2.21. The zero-order valence-corrected chi connectivity index (χ0v) is 12.5. The van der Waals surface area contributed by atoms with E-state index in [2.05, 4.69) is 34.9 Å². The highest BCUT2D eigenvalue weighted by molar-refractivity contribution is 5.85. The summed E-state index contributed by atoms with van der Waals surface area (Å²) >= 11 is 0. The molecule has 0 saturated carbocycles. The fourth-order valence-corrected chi connectivity index (χ4v) is 3.20. The molecule has 1 fully saturated rings. The molecule has 1 aromatic carbocycles. The minimum atomic E-state index is 0.